The van der Waals surface area contributed by atoms with E-state index >= 15 is 0 Å². The van der Waals surface area contributed by atoms with Gasteiger partial charge in [0.15, 0.2) is 6.61 Å². The molecule has 4 nitrogen and oxygen atoms in total. The molecule has 26 heavy (non-hydrogen) atoms. The van der Waals surface area contributed by atoms with Crippen molar-refractivity contribution in [3.8, 4) is 0 Å². The molecule has 0 heterocycles. The van der Waals surface area contributed by atoms with Crippen LogP contribution >= 0.6 is 11.6 Å². The zero-order valence-corrected chi connectivity index (χ0v) is 15.0. The van der Waals surface area contributed by atoms with Crippen LogP contribution in [0, 0.1) is 5.92 Å². The maximum absolute atomic E-state index is 12.8. The van der Waals surface area contributed by atoms with Crippen LogP contribution in [0.4, 0.5) is 18.9 Å². The minimum atomic E-state index is -4.62. The number of esters is 1. The summed E-state index contributed by atoms with van der Waals surface area (Å²) in [7, 11) is 0. The molecule has 1 saturated carbocycles. The number of carbonyl (C=O) groups excluding carboxylic acids is 2. The summed E-state index contributed by atoms with van der Waals surface area (Å²) in [4.78, 5) is 23.5. The van der Waals surface area contributed by atoms with Crippen molar-refractivity contribution in [3.05, 3.63) is 28.8 Å². The molecule has 1 aliphatic carbocycles. The van der Waals surface area contributed by atoms with Gasteiger partial charge in [0.25, 0.3) is 5.91 Å². The van der Waals surface area contributed by atoms with Crippen LogP contribution in [0.15, 0.2) is 18.2 Å². The smallest absolute Gasteiger partial charge is 0.417 e. The number of rotatable bonds is 6. The number of ether oxygens (including phenoxy) is 1. The maximum atomic E-state index is 12.8. The van der Waals surface area contributed by atoms with Crippen molar-refractivity contribution in [1.29, 1.82) is 0 Å². The zero-order valence-electron chi connectivity index (χ0n) is 14.2. The lowest BCUT2D eigenvalue weighted by Crippen LogP contribution is -2.21. The third-order valence-electron chi connectivity index (χ3n) is 4.40. The molecule has 0 radical (unpaired) electrons. The van der Waals surface area contributed by atoms with Crippen molar-refractivity contribution in [2.75, 3.05) is 11.9 Å². The summed E-state index contributed by atoms with van der Waals surface area (Å²) in [6.07, 6.45) is 2.21. The van der Waals surface area contributed by atoms with Gasteiger partial charge in [0, 0.05) is 12.1 Å². The van der Waals surface area contributed by atoms with E-state index < -0.39 is 35.2 Å². The monoisotopic (exact) mass is 391 g/mol. The van der Waals surface area contributed by atoms with E-state index in [0.29, 0.717) is 5.92 Å². The molecule has 0 saturated heterocycles. The highest BCUT2D eigenvalue weighted by molar-refractivity contribution is 6.31. The van der Waals surface area contributed by atoms with Gasteiger partial charge in [-0.2, -0.15) is 13.2 Å². The fraction of sp³-hybridized carbons (Fsp3) is 0.556. The number of hydrogen-bond acceptors (Lipinski definition) is 3. The van der Waals surface area contributed by atoms with E-state index in [9.17, 15) is 22.8 Å². The zero-order chi connectivity index (χ0) is 19.2. The van der Waals surface area contributed by atoms with Gasteiger partial charge in [-0.1, -0.05) is 43.7 Å². The standard InChI is InChI=1S/C18H21ClF3NO3/c19-15-8-7-13(10-14(15)18(20,21)22)23-16(24)11-26-17(25)9-6-12-4-2-1-3-5-12/h7-8,10,12H,1-6,9,11H2,(H,23,24). The van der Waals surface area contributed by atoms with E-state index in [2.05, 4.69) is 5.32 Å². The van der Waals surface area contributed by atoms with Gasteiger partial charge in [0.2, 0.25) is 0 Å². The Morgan fingerprint density at radius 2 is 1.88 bits per heavy atom. The highest BCUT2D eigenvalue weighted by Crippen LogP contribution is 2.36. The molecule has 0 bridgehead atoms. The Kier molecular flexibility index (Phi) is 7.32. The first kappa shape index (κ1) is 20.6. The predicted molar refractivity (Wildman–Crippen MR) is 91.9 cm³/mol. The first-order valence-electron chi connectivity index (χ1n) is 8.58. The lowest BCUT2D eigenvalue weighted by Gasteiger charge is -2.20. The van der Waals surface area contributed by atoms with E-state index in [1.165, 1.54) is 25.3 Å². The summed E-state index contributed by atoms with van der Waals surface area (Å²) in [5.74, 6) is -0.649. The average molecular weight is 392 g/mol. The van der Waals surface area contributed by atoms with Crippen LogP contribution in [0.2, 0.25) is 5.02 Å². The Bertz CT molecular complexity index is 643. The number of anilines is 1. The summed E-state index contributed by atoms with van der Waals surface area (Å²) in [6.45, 7) is -0.534. The van der Waals surface area contributed by atoms with Crippen LogP contribution in [0.25, 0.3) is 0 Å². The number of amides is 1. The molecule has 1 fully saturated rings. The van der Waals surface area contributed by atoms with Gasteiger partial charge in [0.1, 0.15) is 0 Å². The van der Waals surface area contributed by atoms with Gasteiger partial charge in [0.05, 0.1) is 10.6 Å². The molecule has 1 aliphatic rings. The number of benzene rings is 1. The fourth-order valence-electron chi connectivity index (χ4n) is 3.03. The second-order valence-corrected chi connectivity index (χ2v) is 6.85. The Labute approximate surface area is 155 Å². The number of alkyl halides is 3. The third kappa shape index (κ3) is 6.52. The fourth-order valence-corrected chi connectivity index (χ4v) is 3.26. The molecular formula is C18H21ClF3NO3. The van der Waals surface area contributed by atoms with Crippen molar-refractivity contribution in [2.24, 2.45) is 5.92 Å². The Hall–Kier alpha value is -1.76. The van der Waals surface area contributed by atoms with Crippen LogP contribution in [0.1, 0.15) is 50.5 Å². The van der Waals surface area contributed by atoms with E-state index in [4.69, 9.17) is 16.3 Å². The van der Waals surface area contributed by atoms with Gasteiger partial charge < -0.3 is 10.1 Å². The molecule has 2 rings (SSSR count). The van der Waals surface area contributed by atoms with Crippen LogP contribution in [-0.4, -0.2) is 18.5 Å². The molecule has 0 atom stereocenters. The molecule has 1 aromatic rings. The molecule has 0 aliphatic heterocycles. The van der Waals surface area contributed by atoms with Crippen molar-refractivity contribution in [2.45, 2.75) is 51.1 Å². The first-order valence-corrected chi connectivity index (χ1v) is 8.95. The predicted octanol–water partition coefficient (Wildman–Crippen LogP) is 5.20. The topological polar surface area (TPSA) is 55.4 Å². The minimum Gasteiger partial charge on any atom is -0.456 e. The third-order valence-corrected chi connectivity index (χ3v) is 4.73. The van der Waals surface area contributed by atoms with Gasteiger partial charge in [-0.15, -0.1) is 0 Å². The minimum absolute atomic E-state index is 0.0648. The van der Waals surface area contributed by atoms with Gasteiger partial charge in [-0.05, 0) is 30.5 Å². The van der Waals surface area contributed by atoms with Gasteiger partial charge >= 0.3 is 12.1 Å². The SMILES string of the molecule is O=C(COC(=O)CCC1CCCCC1)Nc1ccc(Cl)c(C(F)(F)F)c1. The summed E-state index contributed by atoms with van der Waals surface area (Å²) >= 11 is 5.52. The van der Waals surface area contributed by atoms with Crippen LogP contribution < -0.4 is 5.32 Å². The number of halogens is 4. The lowest BCUT2D eigenvalue weighted by molar-refractivity contribution is -0.147. The highest BCUT2D eigenvalue weighted by atomic mass is 35.5. The molecule has 144 valence electrons. The molecule has 8 heteroatoms. The van der Waals surface area contributed by atoms with Gasteiger partial charge in [-0.3, -0.25) is 9.59 Å². The van der Waals surface area contributed by atoms with Crippen molar-refractivity contribution in [1.82, 2.24) is 0 Å². The van der Waals surface area contributed by atoms with E-state index in [-0.39, 0.29) is 12.1 Å². The average Bonchev–Trinajstić information content (AvgIpc) is 2.60. The summed E-state index contributed by atoms with van der Waals surface area (Å²) in [5, 5.41) is 1.81. The Morgan fingerprint density at radius 1 is 1.19 bits per heavy atom. The van der Waals surface area contributed by atoms with Crippen molar-refractivity contribution in [3.63, 3.8) is 0 Å². The van der Waals surface area contributed by atoms with Crippen LogP contribution in [0.5, 0.6) is 0 Å². The Morgan fingerprint density at radius 3 is 2.54 bits per heavy atom. The van der Waals surface area contributed by atoms with Crippen molar-refractivity contribution >= 4 is 29.2 Å². The summed E-state index contributed by atoms with van der Waals surface area (Å²) < 4.78 is 43.3. The first-order chi connectivity index (χ1) is 12.3. The highest BCUT2D eigenvalue weighted by Gasteiger charge is 2.33. The molecule has 1 N–H and O–H groups in total. The summed E-state index contributed by atoms with van der Waals surface area (Å²) in [6, 6.07) is 3.04. The number of hydrogen-bond donors (Lipinski definition) is 1. The molecule has 0 spiro atoms. The molecule has 0 unspecified atom stereocenters. The second kappa shape index (κ2) is 9.26. The van der Waals surface area contributed by atoms with E-state index in [0.717, 1.165) is 31.4 Å². The second-order valence-electron chi connectivity index (χ2n) is 6.44. The molecular weight excluding hydrogens is 371 g/mol. The van der Waals surface area contributed by atoms with E-state index in [1.54, 1.807) is 0 Å². The largest absolute Gasteiger partial charge is 0.456 e. The molecule has 0 aromatic heterocycles. The normalized spacial score (nSPS) is 15.5. The van der Waals surface area contributed by atoms with E-state index in [1.807, 2.05) is 0 Å². The quantitative estimate of drug-likeness (QED) is 0.678. The maximum Gasteiger partial charge on any atom is 0.417 e. The van der Waals surface area contributed by atoms with Crippen molar-refractivity contribution < 1.29 is 27.5 Å². The van der Waals surface area contributed by atoms with Crippen LogP contribution in [-0.2, 0) is 20.5 Å². The van der Waals surface area contributed by atoms with Crippen LogP contribution in [0.3, 0.4) is 0 Å². The molecule has 1 amide bonds. The molecule has 1 aromatic carbocycles. The number of nitrogens with one attached hydrogen (secondary N) is 1. The lowest BCUT2D eigenvalue weighted by atomic mass is 9.86. The number of carbonyl (C=O) groups is 2. The van der Waals surface area contributed by atoms with Gasteiger partial charge in [-0.25, -0.2) is 0 Å². The summed E-state index contributed by atoms with van der Waals surface area (Å²) in [5.41, 5.74) is -1.11. The Balaban J connectivity index is 1.77.